The fourth-order valence-corrected chi connectivity index (χ4v) is 6.78. The van der Waals surface area contributed by atoms with Crippen LogP contribution in [0.25, 0.3) is 0 Å². The highest BCUT2D eigenvalue weighted by Crippen LogP contribution is 2.46. The van der Waals surface area contributed by atoms with Crippen molar-refractivity contribution in [2.24, 2.45) is 0 Å². The van der Waals surface area contributed by atoms with Crippen LogP contribution in [0.4, 0.5) is 30.2 Å². The summed E-state index contributed by atoms with van der Waals surface area (Å²) in [5.41, 5.74) is 1.65. The Morgan fingerprint density at radius 2 is 1.49 bits per heavy atom. The summed E-state index contributed by atoms with van der Waals surface area (Å²) in [6.45, 7) is 1.99. The minimum Gasteiger partial charge on any atom is -0.497 e. The van der Waals surface area contributed by atoms with E-state index in [-0.39, 0.29) is 22.6 Å². The second-order valence-electron chi connectivity index (χ2n) is 11.1. The van der Waals surface area contributed by atoms with E-state index >= 15 is 0 Å². The van der Waals surface area contributed by atoms with Crippen molar-refractivity contribution >= 4 is 33.0 Å². The Morgan fingerprint density at radius 1 is 0.830 bits per heavy atom. The molecular weight excluding hydrogens is 627 g/mol. The summed E-state index contributed by atoms with van der Waals surface area (Å²) in [6, 6.07) is 31.6. The summed E-state index contributed by atoms with van der Waals surface area (Å²) in [7, 11) is -2.67. The first-order valence-electron chi connectivity index (χ1n) is 14.6. The second-order valence-corrected chi connectivity index (χ2v) is 12.8. The van der Waals surface area contributed by atoms with Gasteiger partial charge in [0.05, 0.1) is 28.8 Å². The number of hydrogen-bond donors (Lipinski definition) is 1. The molecule has 1 amide bonds. The summed E-state index contributed by atoms with van der Waals surface area (Å²) in [6.07, 6.45) is -5.97. The second kappa shape index (κ2) is 12.5. The molecule has 7 nitrogen and oxygen atoms in total. The number of hydrogen-bond acceptors (Lipinski definition) is 5. The third kappa shape index (κ3) is 6.39. The summed E-state index contributed by atoms with van der Waals surface area (Å²) < 4.78 is 78.5. The van der Waals surface area contributed by atoms with Crippen molar-refractivity contribution in [1.82, 2.24) is 0 Å². The van der Waals surface area contributed by atoms with Gasteiger partial charge < -0.3 is 9.64 Å². The molecule has 6 rings (SSSR count). The number of rotatable bonds is 8. The number of carbonyl (C=O) groups excluding carboxylic acids is 1. The van der Waals surface area contributed by atoms with Crippen LogP contribution in [0.2, 0.25) is 0 Å². The predicted molar refractivity (Wildman–Crippen MR) is 175 cm³/mol. The first-order chi connectivity index (χ1) is 22.5. The number of nitrogens with zero attached hydrogens (tertiary/aromatic N) is 2. The highest BCUT2D eigenvalue weighted by Gasteiger charge is 2.44. The Bertz CT molecular complexity index is 2020. The SMILES string of the molecule is COc1ccc(N2C(=O)c3cc(S(=O)(=O)Nc4ccc(C)cc4)ccc3N(Cc3ccccc3)[C@@H]2c2ccccc2C(F)(F)F)cc1. The molecule has 0 saturated heterocycles. The molecule has 1 atom stereocenters. The van der Waals surface area contributed by atoms with Crippen LogP contribution in [0.1, 0.15) is 38.8 Å². The fraction of sp³-hybridized carbons (Fsp3) is 0.139. The third-order valence-electron chi connectivity index (χ3n) is 7.97. The molecule has 1 aliphatic rings. The number of alkyl halides is 3. The van der Waals surface area contributed by atoms with Crippen LogP contribution in [-0.4, -0.2) is 21.4 Å². The Balaban J connectivity index is 1.57. The lowest BCUT2D eigenvalue weighted by Crippen LogP contribution is -2.50. The van der Waals surface area contributed by atoms with Crippen LogP contribution >= 0.6 is 0 Å². The van der Waals surface area contributed by atoms with Gasteiger partial charge in [-0.15, -0.1) is 0 Å². The number of benzene rings is 5. The zero-order valence-corrected chi connectivity index (χ0v) is 26.2. The molecule has 0 saturated carbocycles. The lowest BCUT2D eigenvalue weighted by atomic mass is 9.96. The number of nitrogens with one attached hydrogen (secondary N) is 1. The Morgan fingerprint density at radius 3 is 2.15 bits per heavy atom. The van der Waals surface area contributed by atoms with Gasteiger partial charge in [-0.05, 0) is 73.2 Å². The number of ether oxygens (including phenoxy) is 1. The molecule has 0 radical (unpaired) electrons. The minimum absolute atomic E-state index is 0.0178. The van der Waals surface area contributed by atoms with Crippen molar-refractivity contribution in [3.05, 3.63) is 149 Å². The van der Waals surface area contributed by atoms with Gasteiger partial charge in [-0.2, -0.15) is 13.2 Å². The van der Waals surface area contributed by atoms with E-state index in [1.54, 1.807) is 53.4 Å². The molecule has 5 aromatic carbocycles. The van der Waals surface area contributed by atoms with E-state index < -0.39 is 33.8 Å². The van der Waals surface area contributed by atoms with Crippen LogP contribution in [0.3, 0.4) is 0 Å². The molecule has 0 aromatic heterocycles. The van der Waals surface area contributed by atoms with Crippen molar-refractivity contribution < 1.29 is 31.1 Å². The summed E-state index contributed by atoms with van der Waals surface area (Å²) in [4.78, 5) is 17.4. The molecule has 11 heteroatoms. The fourth-order valence-electron chi connectivity index (χ4n) is 5.69. The average Bonchev–Trinajstić information content (AvgIpc) is 3.07. The largest absolute Gasteiger partial charge is 0.497 e. The molecule has 0 fully saturated rings. The van der Waals surface area contributed by atoms with Gasteiger partial charge >= 0.3 is 6.18 Å². The topological polar surface area (TPSA) is 78.9 Å². The number of fused-ring (bicyclic) bond motifs is 1. The van der Waals surface area contributed by atoms with Gasteiger partial charge in [-0.3, -0.25) is 14.4 Å². The van der Waals surface area contributed by atoms with Crippen molar-refractivity contribution in [1.29, 1.82) is 0 Å². The summed E-state index contributed by atoms with van der Waals surface area (Å²) >= 11 is 0. The highest BCUT2D eigenvalue weighted by molar-refractivity contribution is 7.92. The molecule has 5 aromatic rings. The number of halogens is 3. The van der Waals surface area contributed by atoms with Crippen molar-refractivity contribution in [3.8, 4) is 5.75 Å². The predicted octanol–water partition coefficient (Wildman–Crippen LogP) is 8.19. The minimum atomic E-state index is -4.72. The number of aryl methyl sites for hydroxylation is 1. The molecule has 0 unspecified atom stereocenters. The smallest absolute Gasteiger partial charge is 0.416 e. The van der Waals surface area contributed by atoms with Crippen molar-refractivity contribution in [3.63, 3.8) is 0 Å². The van der Waals surface area contributed by atoms with Gasteiger partial charge in [-0.25, -0.2) is 8.42 Å². The zero-order valence-electron chi connectivity index (χ0n) is 25.4. The van der Waals surface area contributed by atoms with E-state index in [2.05, 4.69) is 4.72 Å². The zero-order chi connectivity index (χ0) is 33.3. The van der Waals surface area contributed by atoms with Crippen LogP contribution in [-0.2, 0) is 22.7 Å². The van der Waals surface area contributed by atoms with Gasteiger partial charge in [0, 0.05) is 23.5 Å². The standard InChI is InChI=1S/C36H30F3N3O4S/c1-24-12-14-26(15-13-24)40-47(44,45)29-20-21-33-31(22-29)35(43)42(27-16-18-28(46-2)19-17-27)34(41(33)23-25-8-4-3-5-9-25)30-10-6-7-11-32(30)36(37,38)39/h3-22,34,40H,23H2,1-2H3/t34-/m0/s1. The lowest BCUT2D eigenvalue weighted by Gasteiger charge is -2.46. The summed E-state index contributed by atoms with van der Waals surface area (Å²) in [5, 5.41) is 0. The van der Waals surface area contributed by atoms with Crippen LogP contribution < -0.4 is 19.3 Å². The average molecular weight is 658 g/mol. The van der Waals surface area contributed by atoms with E-state index in [9.17, 15) is 26.4 Å². The summed E-state index contributed by atoms with van der Waals surface area (Å²) in [5.74, 6) is -0.175. The number of sulfonamides is 1. The van der Waals surface area contributed by atoms with Gasteiger partial charge in [-0.1, -0.05) is 66.2 Å². The van der Waals surface area contributed by atoms with Crippen LogP contribution in [0, 0.1) is 6.92 Å². The van der Waals surface area contributed by atoms with E-state index in [1.165, 1.54) is 48.4 Å². The first-order valence-corrected chi connectivity index (χ1v) is 16.1. The molecular formula is C36H30F3N3O4S. The molecule has 0 spiro atoms. The van der Waals surface area contributed by atoms with Crippen LogP contribution in [0.15, 0.2) is 126 Å². The van der Waals surface area contributed by atoms with Crippen molar-refractivity contribution in [2.45, 2.75) is 30.7 Å². The maximum atomic E-state index is 14.6. The maximum absolute atomic E-state index is 14.6. The number of anilines is 3. The third-order valence-corrected chi connectivity index (χ3v) is 9.35. The van der Waals surface area contributed by atoms with Gasteiger partial charge in [0.25, 0.3) is 15.9 Å². The molecule has 0 aliphatic carbocycles. The van der Waals surface area contributed by atoms with Gasteiger partial charge in [0.1, 0.15) is 11.9 Å². The first kappa shape index (κ1) is 31.7. The molecule has 1 aliphatic heterocycles. The van der Waals surface area contributed by atoms with Crippen LogP contribution in [0.5, 0.6) is 5.75 Å². The molecule has 240 valence electrons. The number of carbonyl (C=O) groups is 1. The monoisotopic (exact) mass is 657 g/mol. The molecule has 1 heterocycles. The highest BCUT2D eigenvalue weighted by atomic mass is 32.2. The lowest BCUT2D eigenvalue weighted by molar-refractivity contribution is -0.138. The van der Waals surface area contributed by atoms with Crippen molar-refractivity contribution in [2.75, 3.05) is 21.6 Å². The van der Waals surface area contributed by atoms with Gasteiger partial charge in [0.15, 0.2) is 0 Å². The van der Waals surface area contributed by atoms with E-state index in [0.717, 1.165) is 17.2 Å². The Hall–Kier alpha value is -5.29. The van der Waals surface area contributed by atoms with E-state index in [1.807, 2.05) is 37.3 Å². The number of amides is 1. The van der Waals surface area contributed by atoms with Gasteiger partial charge in [0.2, 0.25) is 0 Å². The molecule has 0 bridgehead atoms. The molecule has 47 heavy (non-hydrogen) atoms. The Labute approximate surface area is 270 Å². The number of methoxy groups -OCH3 is 1. The normalized spacial score (nSPS) is 14.9. The Kier molecular flexibility index (Phi) is 8.42. The maximum Gasteiger partial charge on any atom is 0.416 e. The quantitative estimate of drug-likeness (QED) is 0.182. The van der Waals surface area contributed by atoms with E-state index in [4.69, 9.17) is 4.74 Å². The van der Waals surface area contributed by atoms with E-state index in [0.29, 0.717) is 22.8 Å². The molecule has 1 N–H and O–H groups in total.